The van der Waals surface area contributed by atoms with Crippen LogP contribution >= 0.6 is 27.5 Å². The minimum Gasteiger partial charge on any atom is -0.281 e. The molecule has 1 nitrogen and oxygen atoms in total. The first-order valence-corrected chi connectivity index (χ1v) is 6.78. The lowest BCUT2D eigenvalue weighted by Gasteiger charge is -2.07. The Morgan fingerprint density at radius 1 is 1.21 bits per heavy atom. The Bertz CT molecular complexity index is 150. The van der Waals surface area contributed by atoms with Gasteiger partial charge in [0.25, 0.3) is 0 Å². The molecule has 0 fully saturated rings. The zero-order valence-corrected chi connectivity index (χ0v) is 11.2. The molecule has 0 rings (SSSR count). The summed E-state index contributed by atoms with van der Waals surface area (Å²) in [6.07, 6.45) is 9.06. The molecule has 0 saturated heterocycles. The minimum atomic E-state index is -0.222. The number of halogens is 2. The van der Waals surface area contributed by atoms with E-state index in [0.29, 0.717) is 11.2 Å². The zero-order valence-electron chi connectivity index (χ0n) is 8.90. The van der Waals surface area contributed by atoms with E-state index in [4.69, 9.17) is 11.6 Å². The molecule has 1 unspecified atom stereocenters. The Labute approximate surface area is 101 Å². The maximum Gasteiger partial charge on any atom is 0.221 e. The van der Waals surface area contributed by atoms with E-state index in [1.54, 1.807) is 0 Å². The predicted octanol–water partition coefficient (Wildman–Crippen LogP) is 4.66. The third-order valence-electron chi connectivity index (χ3n) is 2.28. The normalized spacial score (nSPS) is 12.8. The van der Waals surface area contributed by atoms with Crippen LogP contribution < -0.4 is 0 Å². The van der Waals surface area contributed by atoms with Gasteiger partial charge in [-0.15, -0.1) is 0 Å². The second kappa shape index (κ2) is 9.97. The Morgan fingerprint density at radius 2 is 1.86 bits per heavy atom. The molecule has 0 N–H and O–H groups in total. The summed E-state index contributed by atoms with van der Waals surface area (Å²) < 4.78 is 0. The highest BCUT2D eigenvalue weighted by atomic mass is 79.9. The smallest absolute Gasteiger partial charge is 0.221 e. The average molecular weight is 284 g/mol. The molecular formula is C11H20BrClO. The van der Waals surface area contributed by atoms with Crippen molar-refractivity contribution in [2.24, 2.45) is 0 Å². The summed E-state index contributed by atoms with van der Waals surface area (Å²) in [6.45, 7) is 2.22. The number of carbonyl (C=O) groups is 1. The number of alkyl halides is 1. The van der Waals surface area contributed by atoms with Gasteiger partial charge in [0, 0.05) is 11.2 Å². The van der Waals surface area contributed by atoms with Crippen molar-refractivity contribution in [3.05, 3.63) is 0 Å². The minimum absolute atomic E-state index is 0.222. The number of rotatable bonds is 9. The fraction of sp³-hybridized carbons (Fsp3) is 0.909. The molecule has 0 aliphatic carbocycles. The highest BCUT2D eigenvalue weighted by Gasteiger charge is 2.05. The number of unbranched alkanes of at least 4 members (excludes halogenated alkanes) is 4. The van der Waals surface area contributed by atoms with Crippen LogP contribution in [0.15, 0.2) is 0 Å². The van der Waals surface area contributed by atoms with Crippen molar-refractivity contribution < 1.29 is 4.79 Å². The maximum atomic E-state index is 10.5. The fourth-order valence-corrected chi connectivity index (χ4v) is 2.05. The third kappa shape index (κ3) is 10.5. The van der Waals surface area contributed by atoms with Crippen LogP contribution in [0.3, 0.4) is 0 Å². The van der Waals surface area contributed by atoms with E-state index in [-0.39, 0.29) is 5.24 Å². The van der Waals surface area contributed by atoms with Gasteiger partial charge in [-0.2, -0.15) is 0 Å². The van der Waals surface area contributed by atoms with Gasteiger partial charge in [0.1, 0.15) is 0 Å². The molecular weight excluding hydrogens is 263 g/mol. The maximum absolute atomic E-state index is 10.5. The summed E-state index contributed by atoms with van der Waals surface area (Å²) in [5.74, 6) is 0. The Hall–Kier alpha value is 0.440. The van der Waals surface area contributed by atoms with E-state index in [2.05, 4.69) is 22.9 Å². The van der Waals surface area contributed by atoms with Crippen molar-refractivity contribution in [2.45, 2.75) is 63.1 Å². The highest BCUT2D eigenvalue weighted by Crippen LogP contribution is 2.17. The largest absolute Gasteiger partial charge is 0.281 e. The zero-order chi connectivity index (χ0) is 10.8. The molecule has 3 heteroatoms. The van der Waals surface area contributed by atoms with Crippen molar-refractivity contribution in [2.75, 3.05) is 0 Å². The van der Waals surface area contributed by atoms with Crippen LogP contribution in [0.5, 0.6) is 0 Å². The first-order chi connectivity index (χ1) is 6.66. The summed E-state index contributed by atoms with van der Waals surface area (Å²) in [5, 5.41) is -0.222. The molecule has 0 aliphatic rings. The molecule has 0 bridgehead atoms. The van der Waals surface area contributed by atoms with Gasteiger partial charge >= 0.3 is 0 Å². The van der Waals surface area contributed by atoms with Crippen LogP contribution in [-0.2, 0) is 4.79 Å². The first-order valence-electron chi connectivity index (χ1n) is 5.49. The van der Waals surface area contributed by atoms with Crippen LogP contribution in [0.4, 0.5) is 0 Å². The van der Waals surface area contributed by atoms with E-state index in [1.165, 1.54) is 32.1 Å². The number of hydrogen-bond donors (Lipinski definition) is 0. The molecule has 84 valence electrons. The van der Waals surface area contributed by atoms with Crippen molar-refractivity contribution in [3.8, 4) is 0 Å². The summed E-state index contributed by atoms with van der Waals surface area (Å²) in [5.41, 5.74) is 0. The molecule has 0 aromatic carbocycles. The van der Waals surface area contributed by atoms with Crippen LogP contribution in [0.25, 0.3) is 0 Å². The third-order valence-corrected chi connectivity index (χ3v) is 3.38. The van der Waals surface area contributed by atoms with Gasteiger partial charge in [0.05, 0.1) is 0 Å². The van der Waals surface area contributed by atoms with Crippen molar-refractivity contribution >= 4 is 32.8 Å². The highest BCUT2D eigenvalue weighted by molar-refractivity contribution is 9.09. The van der Waals surface area contributed by atoms with Crippen LogP contribution in [0.2, 0.25) is 0 Å². The van der Waals surface area contributed by atoms with E-state index < -0.39 is 0 Å². The quantitative estimate of drug-likeness (QED) is 0.342. The van der Waals surface area contributed by atoms with Crippen molar-refractivity contribution in [1.29, 1.82) is 0 Å². The summed E-state index contributed by atoms with van der Waals surface area (Å²) >= 11 is 8.83. The molecule has 14 heavy (non-hydrogen) atoms. The van der Waals surface area contributed by atoms with Gasteiger partial charge < -0.3 is 0 Å². The van der Waals surface area contributed by atoms with Crippen LogP contribution in [-0.4, -0.2) is 10.1 Å². The fourth-order valence-electron chi connectivity index (χ4n) is 1.38. The lowest BCUT2D eigenvalue weighted by Crippen LogP contribution is -2.00. The van der Waals surface area contributed by atoms with E-state index >= 15 is 0 Å². The Kier molecular flexibility index (Phi) is 10.3. The lowest BCUT2D eigenvalue weighted by molar-refractivity contribution is -0.111. The van der Waals surface area contributed by atoms with Crippen molar-refractivity contribution in [3.63, 3.8) is 0 Å². The van der Waals surface area contributed by atoms with E-state index in [0.717, 1.165) is 12.8 Å². The van der Waals surface area contributed by atoms with Crippen molar-refractivity contribution in [1.82, 2.24) is 0 Å². The average Bonchev–Trinajstić information content (AvgIpc) is 2.14. The Balaban J connectivity index is 3.18. The molecule has 0 aromatic rings. The van der Waals surface area contributed by atoms with Gasteiger partial charge in [-0.25, -0.2) is 0 Å². The second-order valence-corrected chi connectivity index (χ2v) is 5.41. The number of carbonyl (C=O) groups excluding carboxylic acids is 1. The monoisotopic (exact) mass is 282 g/mol. The van der Waals surface area contributed by atoms with Crippen LogP contribution in [0.1, 0.15) is 58.3 Å². The van der Waals surface area contributed by atoms with Gasteiger partial charge in [0.2, 0.25) is 5.24 Å². The molecule has 0 heterocycles. The molecule has 0 amide bonds. The van der Waals surface area contributed by atoms with Gasteiger partial charge in [-0.3, -0.25) is 4.79 Å². The second-order valence-electron chi connectivity index (χ2n) is 3.69. The SMILES string of the molecule is CCCCCCCC(Br)CCC(=O)Cl. The number of hydrogen-bond acceptors (Lipinski definition) is 1. The van der Waals surface area contributed by atoms with Gasteiger partial charge in [0.15, 0.2) is 0 Å². The molecule has 0 spiro atoms. The molecule has 1 atom stereocenters. The molecule has 0 aromatic heterocycles. The predicted molar refractivity (Wildman–Crippen MR) is 66.2 cm³/mol. The summed E-state index contributed by atoms with van der Waals surface area (Å²) in [4.78, 5) is 11.0. The summed E-state index contributed by atoms with van der Waals surface area (Å²) in [7, 11) is 0. The standard InChI is InChI=1S/C11H20BrClO/c1-2-3-4-5-6-7-10(12)8-9-11(13)14/h10H,2-9H2,1H3. The molecule has 0 radical (unpaired) electrons. The van der Waals surface area contributed by atoms with E-state index in [1.807, 2.05) is 0 Å². The van der Waals surface area contributed by atoms with Gasteiger partial charge in [-0.1, -0.05) is 55.0 Å². The molecule has 0 saturated carbocycles. The van der Waals surface area contributed by atoms with E-state index in [9.17, 15) is 4.79 Å². The first kappa shape index (κ1) is 14.4. The van der Waals surface area contributed by atoms with Crippen LogP contribution in [0, 0.1) is 0 Å². The van der Waals surface area contributed by atoms with Gasteiger partial charge in [-0.05, 0) is 24.4 Å². The topological polar surface area (TPSA) is 17.1 Å². The molecule has 0 aliphatic heterocycles. The summed E-state index contributed by atoms with van der Waals surface area (Å²) in [6, 6.07) is 0. The lowest BCUT2D eigenvalue weighted by atomic mass is 10.1. The Morgan fingerprint density at radius 3 is 2.43 bits per heavy atom.